The molecule has 0 fully saturated rings. The first-order chi connectivity index (χ1) is 17.3. The summed E-state index contributed by atoms with van der Waals surface area (Å²) in [6.45, 7) is 1.92. The Hall–Kier alpha value is -1.02. The molecule has 2 atom stereocenters. The molecule has 0 radical (unpaired) electrons. The normalized spacial score (nSPS) is 14.4. The van der Waals surface area contributed by atoms with Gasteiger partial charge in [0.15, 0.2) is 0 Å². The molecule has 0 saturated carbocycles. The number of nitrogens with zero attached hydrogens (tertiary/aromatic N) is 2. The average molecular weight is 688 g/mol. The molecular weight excluding hydrogens is 665 g/mol. The second-order valence-corrected chi connectivity index (χ2v) is 10.7. The van der Waals surface area contributed by atoms with Crippen LogP contribution in [0.15, 0.2) is 73.1 Å². The van der Waals surface area contributed by atoms with Gasteiger partial charge in [0, 0.05) is 32.5 Å². The van der Waals surface area contributed by atoms with Crippen LogP contribution in [0.3, 0.4) is 0 Å². The van der Waals surface area contributed by atoms with Gasteiger partial charge in [0.2, 0.25) is 0 Å². The topological polar surface area (TPSA) is 24.9 Å². The minimum atomic E-state index is -0.495. The summed E-state index contributed by atoms with van der Waals surface area (Å²) in [6, 6.07) is 17.9. The Morgan fingerprint density at radius 2 is 1.43 bits per heavy atom. The second-order valence-electron chi connectivity index (χ2n) is 8.08. The Balaban J connectivity index is 0.00000380. The summed E-state index contributed by atoms with van der Waals surface area (Å²) >= 11 is 37.6. The predicted molar refractivity (Wildman–Crippen MR) is 160 cm³/mol. The zero-order valence-electron chi connectivity index (χ0n) is 19.3. The summed E-state index contributed by atoms with van der Waals surface area (Å²) in [5.41, 5.74) is 1.22. The lowest BCUT2D eigenvalue weighted by Gasteiger charge is -2.31. The first-order valence-electron chi connectivity index (χ1n) is 11.0. The number of ether oxygens (including phenoxy) is 2. The maximum absolute atomic E-state index is 6.96. The fraction of sp³-hybridized carbons (Fsp3) is 0.231. The van der Waals surface area contributed by atoms with Gasteiger partial charge in [-0.3, -0.25) is 0 Å². The Kier molecular flexibility index (Phi) is 11.9. The first-order valence-corrected chi connectivity index (χ1v) is 13.3. The third-order valence-electron chi connectivity index (χ3n) is 5.54. The maximum atomic E-state index is 6.96. The van der Waals surface area contributed by atoms with Crippen LogP contribution in [-0.4, -0.2) is 35.1 Å². The smallest absolute Gasteiger partial charge is 0.138 e. The van der Waals surface area contributed by atoms with Crippen LogP contribution in [0.4, 0.5) is 0 Å². The Labute approximate surface area is 257 Å². The van der Waals surface area contributed by atoms with E-state index in [1.165, 1.54) is 0 Å². The Morgan fingerprint density at radius 1 is 0.784 bits per heavy atom. The van der Waals surface area contributed by atoms with Gasteiger partial charge in [-0.1, -0.05) is 87.8 Å². The Bertz CT molecular complexity index is 1210. The van der Waals surface area contributed by atoms with Gasteiger partial charge in [-0.25, -0.2) is 0 Å². The molecule has 0 saturated heterocycles. The highest BCUT2D eigenvalue weighted by molar-refractivity contribution is 8.93. The van der Waals surface area contributed by atoms with Crippen LogP contribution < -0.4 is 4.74 Å². The van der Waals surface area contributed by atoms with Crippen molar-refractivity contribution < 1.29 is 9.47 Å². The predicted octanol–water partition coefficient (Wildman–Crippen LogP) is 9.48. The van der Waals surface area contributed by atoms with E-state index in [0.717, 1.165) is 11.1 Å². The van der Waals surface area contributed by atoms with Crippen molar-refractivity contribution in [3.8, 4) is 5.75 Å². The van der Waals surface area contributed by atoms with Crippen molar-refractivity contribution >= 4 is 86.6 Å². The quantitative estimate of drug-likeness (QED) is 0.157. The molecule has 198 valence electrons. The molecule has 11 heteroatoms. The van der Waals surface area contributed by atoms with E-state index in [2.05, 4.69) is 4.90 Å². The molecule has 2 unspecified atom stereocenters. The van der Waals surface area contributed by atoms with E-state index in [1.807, 2.05) is 47.6 Å². The molecule has 1 heterocycles. The fourth-order valence-electron chi connectivity index (χ4n) is 3.63. The molecule has 0 bridgehead atoms. The fourth-order valence-corrected chi connectivity index (χ4v) is 5.03. The van der Waals surface area contributed by atoms with E-state index in [1.54, 1.807) is 30.3 Å². The molecule has 0 aromatic heterocycles. The molecule has 3 aromatic rings. The molecule has 0 spiro atoms. The summed E-state index contributed by atoms with van der Waals surface area (Å²) < 4.78 is 12.1. The standard InChI is InChI=1S/C26H22Cl6N2O2.BrH/c27-19-4-1-17(2-5-19)25(36-15-18-3-6-20(28)13-22(18)30)26(32)34-10-9-33(16-34)11-12-35-24-8-7-21(29)14-23(24)31;/h1-10,13-14,25-26H,11-12,15-16H2;1H. The van der Waals surface area contributed by atoms with E-state index in [0.29, 0.717) is 50.7 Å². The van der Waals surface area contributed by atoms with Crippen LogP contribution in [0.25, 0.3) is 0 Å². The van der Waals surface area contributed by atoms with Gasteiger partial charge in [0.1, 0.15) is 24.0 Å². The summed E-state index contributed by atoms with van der Waals surface area (Å²) in [5.74, 6) is 0.591. The molecule has 4 rings (SSSR count). The number of hydrogen-bond acceptors (Lipinski definition) is 4. The summed E-state index contributed by atoms with van der Waals surface area (Å²) in [4.78, 5) is 4.09. The summed E-state index contributed by atoms with van der Waals surface area (Å²) in [6.07, 6.45) is 3.45. The van der Waals surface area contributed by atoms with E-state index in [9.17, 15) is 0 Å². The molecule has 0 N–H and O–H groups in total. The number of benzene rings is 3. The van der Waals surface area contributed by atoms with Crippen molar-refractivity contribution in [3.05, 3.63) is 109 Å². The highest BCUT2D eigenvalue weighted by Crippen LogP contribution is 2.33. The van der Waals surface area contributed by atoms with Crippen LogP contribution >= 0.6 is 86.6 Å². The molecule has 3 aromatic carbocycles. The number of hydrogen-bond donors (Lipinski definition) is 0. The first kappa shape index (κ1) is 30.5. The maximum Gasteiger partial charge on any atom is 0.138 e. The summed E-state index contributed by atoms with van der Waals surface area (Å²) in [7, 11) is 0. The number of halogens is 7. The lowest BCUT2D eigenvalue weighted by atomic mass is 10.1. The molecule has 0 aliphatic carbocycles. The van der Waals surface area contributed by atoms with Crippen LogP contribution in [0.2, 0.25) is 25.1 Å². The van der Waals surface area contributed by atoms with E-state index in [-0.39, 0.29) is 23.6 Å². The third kappa shape index (κ3) is 8.48. The van der Waals surface area contributed by atoms with Crippen molar-refractivity contribution in [2.24, 2.45) is 0 Å². The van der Waals surface area contributed by atoms with Gasteiger partial charge >= 0.3 is 0 Å². The molecular formula is C26H23BrCl6N2O2. The van der Waals surface area contributed by atoms with Gasteiger partial charge in [-0.2, -0.15) is 0 Å². The Morgan fingerprint density at radius 3 is 2.11 bits per heavy atom. The van der Waals surface area contributed by atoms with Crippen LogP contribution in [0.1, 0.15) is 17.2 Å². The SMILES string of the molecule is Br.Clc1ccc(C(OCc2ccc(Cl)cc2Cl)C(Cl)N2C=CN(CCOc3ccc(Cl)cc3Cl)C2)cc1. The molecule has 1 aliphatic heterocycles. The number of alkyl halides is 1. The van der Waals surface area contributed by atoms with Gasteiger partial charge in [0.25, 0.3) is 0 Å². The van der Waals surface area contributed by atoms with Crippen molar-refractivity contribution in [2.45, 2.75) is 18.2 Å². The van der Waals surface area contributed by atoms with Gasteiger partial charge < -0.3 is 19.3 Å². The van der Waals surface area contributed by atoms with E-state index >= 15 is 0 Å². The average Bonchev–Trinajstić information content (AvgIpc) is 3.32. The molecule has 0 amide bonds. The second kappa shape index (κ2) is 14.4. The van der Waals surface area contributed by atoms with E-state index in [4.69, 9.17) is 79.1 Å². The van der Waals surface area contributed by atoms with Crippen LogP contribution in [-0.2, 0) is 11.3 Å². The molecule has 37 heavy (non-hydrogen) atoms. The summed E-state index contributed by atoms with van der Waals surface area (Å²) in [5, 5.41) is 2.78. The van der Waals surface area contributed by atoms with E-state index < -0.39 is 11.6 Å². The van der Waals surface area contributed by atoms with Crippen LogP contribution in [0.5, 0.6) is 5.75 Å². The largest absolute Gasteiger partial charge is 0.490 e. The third-order valence-corrected chi connectivity index (χ3v) is 7.39. The van der Waals surface area contributed by atoms with Gasteiger partial charge in [-0.05, 0) is 53.6 Å². The zero-order chi connectivity index (χ0) is 25.7. The van der Waals surface area contributed by atoms with Crippen molar-refractivity contribution in [1.29, 1.82) is 0 Å². The minimum absolute atomic E-state index is 0. The monoisotopic (exact) mass is 684 g/mol. The van der Waals surface area contributed by atoms with Crippen molar-refractivity contribution in [3.63, 3.8) is 0 Å². The highest BCUT2D eigenvalue weighted by atomic mass is 79.9. The minimum Gasteiger partial charge on any atom is -0.490 e. The van der Waals surface area contributed by atoms with Crippen molar-refractivity contribution in [1.82, 2.24) is 9.80 Å². The van der Waals surface area contributed by atoms with Crippen LogP contribution in [0, 0.1) is 0 Å². The highest BCUT2D eigenvalue weighted by Gasteiger charge is 2.29. The lowest BCUT2D eigenvalue weighted by Crippen LogP contribution is -2.36. The van der Waals surface area contributed by atoms with Gasteiger partial charge in [-0.15, -0.1) is 17.0 Å². The van der Waals surface area contributed by atoms with Gasteiger partial charge in [0.05, 0.1) is 24.8 Å². The molecule has 1 aliphatic rings. The molecule has 4 nitrogen and oxygen atoms in total. The lowest BCUT2D eigenvalue weighted by molar-refractivity contribution is 0.00651. The number of rotatable bonds is 10. The van der Waals surface area contributed by atoms with Crippen molar-refractivity contribution in [2.75, 3.05) is 19.8 Å². The zero-order valence-corrected chi connectivity index (χ0v) is 25.5.